The van der Waals surface area contributed by atoms with Gasteiger partial charge in [0.2, 0.25) is 0 Å². The fourth-order valence-electron chi connectivity index (χ4n) is 0.863. The van der Waals surface area contributed by atoms with Crippen LogP contribution in [-0.4, -0.2) is 44.5 Å². The molecular formula is C9H9F9O4. The second-order valence-corrected chi connectivity index (χ2v) is 3.41. The minimum atomic E-state index is -6.37. The molecule has 4 nitrogen and oxygen atoms in total. The van der Waals surface area contributed by atoms with Crippen molar-refractivity contribution in [2.24, 2.45) is 0 Å². The molecule has 0 saturated carbocycles. The van der Waals surface area contributed by atoms with Crippen molar-refractivity contribution in [1.82, 2.24) is 0 Å². The lowest BCUT2D eigenvalue weighted by Crippen LogP contribution is -2.51. The van der Waals surface area contributed by atoms with Crippen LogP contribution in [0.15, 0.2) is 12.8 Å². The SMILES string of the molecule is C=COCCOCC(F)(F)OC(F)(F)C(F)(F)OC(F)(F)F. The summed E-state index contributed by atoms with van der Waals surface area (Å²) in [6.07, 6.45) is -23.0. The van der Waals surface area contributed by atoms with Crippen LogP contribution < -0.4 is 0 Å². The highest BCUT2D eigenvalue weighted by atomic mass is 19.4. The van der Waals surface area contributed by atoms with Crippen LogP contribution in [0.2, 0.25) is 0 Å². The van der Waals surface area contributed by atoms with Gasteiger partial charge in [-0.05, 0) is 0 Å². The van der Waals surface area contributed by atoms with Crippen LogP contribution in [-0.2, 0) is 18.9 Å². The Bertz CT molecular complexity index is 355. The van der Waals surface area contributed by atoms with Gasteiger partial charge in [-0.2, -0.15) is 26.3 Å². The van der Waals surface area contributed by atoms with Crippen LogP contribution in [0, 0.1) is 0 Å². The summed E-state index contributed by atoms with van der Waals surface area (Å²) < 4.78 is 123. The Labute approximate surface area is 117 Å². The predicted molar refractivity (Wildman–Crippen MR) is 50.0 cm³/mol. The molecule has 13 heteroatoms. The molecule has 0 saturated heterocycles. The Morgan fingerprint density at radius 3 is 1.73 bits per heavy atom. The molecule has 0 bridgehead atoms. The minimum Gasteiger partial charge on any atom is -0.499 e. The second-order valence-electron chi connectivity index (χ2n) is 3.41. The highest BCUT2D eigenvalue weighted by Gasteiger charge is 2.67. The first-order valence-electron chi connectivity index (χ1n) is 5.13. The van der Waals surface area contributed by atoms with Crippen LogP contribution in [0.25, 0.3) is 0 Å². The Morgan fingerprint density at radius 2 is 1.27 bits per heavy atom. The van der Waals surface area contributed by atoms with E-state index in [1.807, 2.05) is 0 Å². The lowest BCUT2D eigenvalue weighted by Gasteiger charge is -2.29. The number of rotatable bonds is 10. The first kappa shape index (κ1) is 20.8. The van der Waals surface area contributed by atoms with Gasteiger partial charge in [0.25, 0.3) is 0 Å². The number of halogens is 9. The summed E-state index contributed by atoms with van der Waals surface area (Å²) in [5, 5.41) is 0. The zero-order valence-electron chi connectivity index (χ0n) is 10.4. The Morgan fingerprint density at radius 1 is 0.773 bits per heavy atom. The molecule has 0 aliphatic carbocycles. The third-order valence-electron chi connectivity index (χ3n) is 1.59. The molecule has 0 aliphatic heterocycles. The summed E-state index contributed by atoms with van der Waals surface area (Å²) in [6.45, 7) is 0.240. The van der Waals surface area contributed by atoms with Gasteiger partial charge in [-0.25, -0.2) is 9.47 Å². The molecule has 22 heavy (non-hydrogen) atoms. The van der Waals surface area contributed by atoms with Crippen molar-refractivity contribution < 1.29 is 58.5 Å². The van der Waals surface area contributed by atoms with E-state index in [-0.39, 0.29) is 6.61 Å². The molecule has 0 aliphatic rings. The summed E-state index contributed by atoms with van der Waals surface area (Å²) in [4.78, 5) is 0. The largest absolute Gasteiger partial charge is 0.527 e. The maximum Gasteiger partial charge on any atom is 0.527 e. The fourth-order valence-corrected chi connectivity index (χ4v) is 0.863. The van der Waals surface area contributed by atoms with Crippen molar-refractivity contribution in [2.75, 3.05) is 19.8 Å². The molecule has 0 aromatic carbocycles. The summed E-state index contributed by atoms with van der Waals surface area (Å²) in [7, 11) is 0. The van der Waals surface area contributed by atoms with Crippen LogP contribution in [0.4, 0.5) is 39.5 Å². The van der Waals surface area contributed by atoms with E-state index in [4.69, 9.17) is 0 Å². The van der Waals surface area contributed by atoms with Crippen molar-refractivity contribution >= 4 is 0 Å². The maximum absolute atomic E-state index is 12.8. The van der Waals surface area contributed by atoms with Gasteiger partial charge in [0.05, 0.1) is 12.9 Å². The zero-order chi connectivity index (χ0) is 17.7. The molecule has 0 amide bonds. The molecule has 0 atom stereocenters. The van der Waals surface area contributed by atoms with Gasteiger partial charge < -0.3 is 9.47 Å². The first-order valence-corrected chi connectivity index (χ1v) is 5.13. The third-order valence-corrected chi connectivity index (χ3v) is 1.59. The Balaban J connectivity index is 4.62. The summed E-state index contributed by atoms with van der Waals surface area (Å²) in [5.41, 5.74) is 0. The Kier molecular flexibility index (Phi) is 6.96. The van der Waals surface area contributed by atoms with Crippen molar-refractivity contribution in [2.45, 2.75) is 24.7 Å². The summed E-state index contributed by atoms with van der Waals surface area (Å²) in [6, 6.07) is 0. The van der Waals surface area contributed by atoms with Crippen LogP contribution in [0.5, 0.6) is 0 Å². The van der Waals surface area contributed by atoms with Crippen LogP contribution in [0.1, 0.15) is 0 Å². The Hall–Kier alpha value is -1.21. The molecule has 0 radical (unpaired) electrons. The smallest absolute Gasteiger partial charge is 0.499 e. The van der Waals surface area contributed by atoms with Crippen molar-refractivity contribution in [1.29, 1.82) is 0 Å². The maximum atomic E-state index is 12.8. The van der Waals surface area contributed by atoms with E-state index in [9.17, 15) is 39.5 Å². The topological polar surface area (TPSA) is 36.9 Å². The molecular weight excluding hydrogens is 343 g/mol. The van der Waals surface area contributed by atoms with Crippen molar-refractivity contribution in [3.63, 3.8) is 0 Å². The standard InChI is InChI=1S/C9H9F9O4/c1-2-19-3-4-20-5-6(10,11)21-7(12,13)8(14,15)22-9(16,17)18/h2H,1,3-5H2. The predicted octanol–water partition coefficient (Wildman–Crippen LogP) is 3.49. The molecule has 132 valence electrons. The molecule has 0 rings (SSSR count). The van der Waals surface area contributed by atoms with Gasteiger partial charge >= 0.3 is 24.7 Å². The average Bonchev–Trinajstić information content (AvgIpc) is 2.23. The van der Waals surface area contributed by atoms with Crippen molar-refractivity contribution in [3.05, 3.63) is 12.8 Å². The minimum absolute atomic E-state index is 0.316. The van der Waals surface area contributed by atoms with Gasteiger partial charge in [-0.1, -0.05) is 6.58 Å². The van der Waals surface area contributed by atoms with Gasteiger partial charge in [-0.15, -0.1) is 13.2 Å². The van der Waals surface area contributed by atoms with E-state index in [0.717, 1.165) is 6.26 Å². The van der Waals surface area contributed by atoms with E-state index in [1.165, 1.54) is 0 Å². The van der Waals surface area contributed by atoms with E-state index in [0.29, 0.717) is 0 Å². The highest BCUT2D eigenvalue weighted by molar-refractivity contribution is 4.70. The van der Waals surface area contributed by atoms with E-state index in [1.54, 1.807) is 4.74 Å². The lowest BCUT2D eigenvalue weighted by atomic mass is 10.5. The van der Waals surface area contributed by atoms with Gasteiger partial charge in [0, 0.05) is 0 Å². The van der Waals surface area contributed by atoms with E-state index < -0.39 is 37.9 Å². The molecule has 0 unspecified atom stereocenters. The van der Waals surface area contributed by atoms with E-state index in [2.05, 4.69) is 20.8 Å². The van der Waals surface area contributed by atoms with Crippen LogP contribution >= 0.6 is 0 Å². The fraction of sp³-hybridized carbons (Fsp3) is 0.778. The lowest BCUT2D eigenvalue weighted by molar-refractivity contribution is -0.530. The zero-order valence-corrected chi connectivity index (χ0v) is 10.4. The van der Waals surface area contributed by atoms with Gasteiger partial charge in [0.15, 0.2) is 0 Å². The number of hydrogen-bond acceptors (Lipinski definition) is 4. The normalized spacial score (nSPS) is 14.0. The molecule has 0 spiro atoms. The number of alkyl halides is 9. The molecule has 0 fully saturated rings. The molecule has 0 heterocycles. The third kappa shape index (κ3) is 7.70. The number of hydrogen-bond donors (Lipinski definition) is 0. The second kappa shape index (κ2) is 7.37. The molecule has 0 N–H and O–H groups in total. The quantitative estimate of drug-likeness (QED) is 0.343. The highest BCUT2D eigenvalue weighted by Crippen LogP contribution is 2.43. The first-order chi connectivity index (χ1) is 9.72. The molecule has 0 aromatic heterocycles. The van der Waals surface area contributed by atoms with E-state index >= 15 is 0 Å². The van der Waals surface area contributed by atoms with Crippen LogP contribution in [0.3, 0.4) is 0 Å². The monoisotopic (exact) mass is 352 g/mol. The summed E-state index contributed by atoms with van der Waals surface area (Å²) >= 11 is 0. The molecule has 0 aromatic rings. The summed E-state index contributed by atoms with van der Waals surface area (Å²) in [5.74, 6) is 0. The van der Waals surface area contributed by atoms with Gasteiger partial charge in [0.1, 0.15) is 13.2 Å². The number of ether oxygens (including phenoxy) is 4. The average molecular weight is 352 g/mol. The van der Waals surface area contributed by atoms with Crippen molar-refractivity contribution in [3.8, 4) is 0 Å². The van der Waals surface area contributed by atoms with Gasteiger partial charge in [-0.3, -0.25) is 0 Å².